The van der Waals surface area contributed by atoms with Crippen LogP contribution in [0.3, 0.4) is 0 Å². The van der Waals surface area contributed by atoms with Crippen molar-refractivity contribution in [2.24, 2.45) is 5.41 Å². The number of carbonyl (C=O) groups excluding carboxylic acids is 1. The monoisotopic (exact) mass is 262 g/mol. The molecule has 0 amide bonds. The Morgan fingerprint density at radius 2 is 2.11 bits per heavy atom. The van der Waals surface area contributed by atoms with E-state index in [0.717, 1.165) is 31.4 Å². The van der Waals surface area contributed by atoms with E-state index in [-0.39, 0.29) is 11.5 Å². The highest BCUT2D eigenvalue weighted by Gasteiger charge is 2.56. The first-order valence-electron chi connectivity index (χ1n) is 7.36. The highest BCUT2D eigenvalue weighted by atomic mass is 16.5. The highest BCUT2D eigenvalue weighted by Crippen LogP contribution is 2.50. The van der Waals surface area contributed by atoms with E-state index in [1.807, 2.05) is 10.9 Å². The van der Waals surface area contributed by atoms with Gasteiger partial charge in [0.05, 0.1) is 17.8 Å². The van der Waals surface area contributed by atoms with Crippen molar-refractivity contribution in [2.45, 2.75) is 64.5 Å². The lowest BCUT2D eigenvalue weighted by Crippen LogP contribution is -2.57. The molecule has 1 aromatic heterocycles. The summed E-state index contributed by atoms with van der Waals surface area (Å²) in [6, 6.07) is 0.337. The van der Waals surface area contributed by atoms with Crippen molar-refractivity contribution in [1.29, 1.82) is 0 Å². The molecule has 4 heteroatoms. The molecule has 4 nitrogen and oxygen atoms in total. The molecular weight excluding hydrogens is 240 g/mol. The van der Waals surface area contributed by atoms with Gasteiger partial charge in [0.15, 0.2) is 5.75 Å². The van der Waals surface area contributed by atoms with Crippen LogP contribution in [0.25, 0.3) is 0 Å². The third-order valence-electron chi connectivity index (χ3n) is 4.67. The molecule has 2 fully saturated rings. The number of aromatic nitrogens is 2. The summed E-state index contributed by atoms with van der Waals surface area (Å²) in [4.78, 5) is 12.0. The van der Waals surface area contributed by atoms with Crippen LogP contribution in [-0.4, -0.2) is 21.7 Å². The van der Waals surface area contributed by atoms with Crippen LogP contribution in [0.2, 0.25) is 0 Å². The summed E-state index contributed by atoms with van der Waals surface area (Å²) in [7, 11) is 0. The van der Waals surface area contributed by atoms with Crippen LogP contribution in [0.1, 0.15) is 58.4 Å². The maximum atomic E-state index is 12.0. The topological polar surface area (TPSA) is 44.1 Å². The van der Waals surface area contributed by atoms with E-state index in [4.69, 9.17) is 4.74 Å². The quantitative estimate of drug-likeness (QED) is 0.840. The predicted octanol–water partition coefficient (Wildman–Crippen LogP) is 3.13. The molecule has 0 aliphatic heterocycles. The zero-order valence-electron chi connectivity index (χ0n) is 11.8. The van der Waals surface area contributed by atoms with Gasteiger partial charge < -0.3 is 4.74 Å². The number of ether oxygens (including phenoxy) is 1. The summed E-state index contributed by atoms with van der Waals surface area (Å²) in [5.74, 6) is 1.21. The second kappa shape index (κ2) is 4.66. The van der Waals surface area contributed by atoms with Crippen molar-refractivity contribution in [3.8, 4) is 5.75 Å². The Balaban J connectivity index is 1.70. The molecule has 1 atom stereocenters. The minimum Gasteiger partial charge on any atom is -0.486 e. The van der Waals surface area contributed by atoms with E-state index in [0.29, 0.717) is 18.2 Å². The smallest absolute Gasteiger partial charge is 0.157 e. The standard InChI is InChI=1S/C15H22N2O2/c1-11(2)17-10-12(9-16-17)19-14-8-13(18)15(14)6-4-3-5-7-15/h9-11,14H,3-8H2,1-2H3. The van der Waals surface area contributed by atoms with Crippen LogP contribution >= 0.6 is 0 Å². The molecule has 1 spiro atoms. The summed E-state index contributed by atoms with van der Waals surface area (Å²) in [6.45, 7) is 4.18. The number of hydrogen-bond donors (Lipinski definition) is 0. The van der Waals surface area contributed by atoms with Crippen molar-refractivity contribution in [2.75, 3.05) is 0 Å². The van der Waals surface area contributed by atoms with E-state index in [1.165, 1.54) is 6.42 Å². The van der Waals surface area contributed by atoms with E-state index >= 15 is 0 Å². The van der Waals surface area contributed by atoms with Gasteiger partial charge in [0.1, 0.15) is 11.9 Å². The first-order valence-corrected chi connectivity index (χ1v) is 7.36. The van der Waals surface area contributed by atoms with Gasteiger partial charge in [-0.2, -0.15) is 5.10 Å². The normalized spacial score (nSPS) is 25.6. The van der Waals surface area contributed by atoms with Gasteiger partial charge in [-0.15, -0.1) is 0 Å². The Labute approximate surface area is 114 Å². The fourth-order valence-electron chi connectivity index (χ4n) is 3.38. The number of ketones is 1. The molecule has 1 heterocycles. The highest BCUT2D eigenvalue weighted by molar-refractivity contribution is 5.92. The lowest BCUT2D eigenvalue weighted by molar-refractivity contribution is -0.156. The SMILES string of the molecule is CC(C)n1cc(OC2CC(=O)C23CCCCC3)cn1. The molecular formula is C15H22N2O2. The van der Waals surface area contributed by atoms with Gasteiger partial charge in [-0.1, -0.05) is 19.3 Å². The van der Waals surface area contributed by atoms with Gasteiger partial charge in [-0.05, 0) is 26.7 Å². The zero-order valence-corrected chi connectivity index (χ0v) is 11.8. The summed E-state index contributed by atoms with van der Waals surface area (Å²) >= 11 is 0. The van der Waals surface area contributed by atoms with Gasteiger partial charge in [-0.3, -0.25) is 9.48 Å². The zero-order chi connectivity index (χ0) is 13.5. The molecule has 0 aromatic carbocycles. The molecule has 104 valence electrons. The summed E-state index contributed by atoms with van der Waals surface area (Å²) < 4.78 is 7.93. The molecule has 19 heavy (non-hydrogen) atoms. The third-order valence-corrected chi connectivity index (χ3v) is 4.67. The Bertz CT molecular complexity index is 472. The number of hydrogen-bond acceptors (Lipinski definition) is 3. The molecule has 0 bridgehead atoms. The number of rotatable bonds is 3. The van der Waals surface area contributed by atoms with Crippen molar-refractivity contribution in [1.82, 2.24) is 9.78 Å². The van der Waals surface area contributed by atoms with Crippen molar-refractivity contribution < 1.29 is 9.53 Å². The van der Waals surface area contributed by atoms with Crippen LogP contribution in [0.4, 0.5) is 0 Å². The molecule has 0 N–H and O–H groups in total. The lowest BCUT2D eigenvalue weighted by Gasteiger charge is -2.49. The van der Waals surface area contributed by atoms with E-state index < -0.39 is 0 Å². The number of nitrogens with zero attached hydrogens (tertiary/aromatic N) is 2. The second-order valence-electron chi connectivity index (χ2n) is 6.20. The van der Waals surface area contributed by atoms with E-state index in [2.05, 4.69) is 18.9 Å². The fraction of sp³-hybridized carbons (Fsp3) is 0.733. The Morgan fingerprint density at radius 3 is 2.68 bits per heavy atom. The predicted molar refractivity (Wildman–Crippen MR) is 72.2 cm³/mol. The molecule has 2 aliphatic rings. The van der Waals surface area contributed by atoms with Crippen LogP contribution in [0, 0.1) is 5.41 Å². The van der Waals surface area contributed by atoms with Crippen LogP contribution in [0.5, 0.6) is 5.75 Å². The summed E-state index contributed by atoms with van der Waals surface area (Å²) in [5, 5.41) is 4.29. The molecule has 2 aliphatic carbocycles. The average Bonchev–Trinajstić information content (AvgIpc) is 2.88. The molecule has 1 unspecified atom stereocenters. The van der Waals surface area contributed by atoms with Crippen molar-refractivity contribution in [3.05, 3.63) is 12.4 Å². The number of Topliss-reactive ketones (excluding diaryl/α,β-unsaturated/α-hetero) is 1. The Hall–Kier alpha value is -1.32. The molecule has 0 radical (unpaired) electrons. The molecule has 0 saturated heterocycles. The van der Waals surface area contributed by atoms with Gasteiger partial charge in [-0.25, -0.2) is 0 Å². The van der Waals surface area contributed by atoms with Gasteiger partial charge in [0.25, 0.3) is 0 Å². The minimum absolute atomic E-state index is 0.0742. The summed E-state index contributed by atoms with van der Waals surface area (Å²) in [6.07, 6.45) is 9.95. The first-order chi connectivity index (χ1) is 9.12. The Kier molecular flexibility index (Phi) is 3.11. The fourth-order valence-corrected chi connectivity index (χ4v) is 3.38. The second-order valence-corrected chi connectivity index (χ2v) is 6.20. The maximum Gasteiger partial charge on any atom is 0.157 e. The Morgan fingerprint density at radius 1 is 1.37 bits per heavy atom. The van der Waals surface area contributed by atoms with Gasteiger partial charge in [0.2, 0.25) is 0 Å². The molecule has 2 saturated carbocycles. The van der Waals surface area contributed by atoms with Crippen molar-refractivity contribution >= 4 is 5.78 Å². The summed E-state index contributed by atoms with van der Waals surface area (Å²) in [5.41, 5.74) is -0.168. The van der Waals surface area contributed by atoms with Crippen LogP contribution in [0.15, 0.2) is 12.4 Å². The van der Waals surface area contributed by atoms with E-state index in [1.54, 1.807) is 6.20 Å². The van der Waals surface area contributed by atoms with Crippen LogP contribution in [-0.2, 0) is 4.79 Å². The molecule has 3 rings (SSSR count). The van der Waals surface area contributed by atoms with Gasteiger partial charge in [0, 0.05) is 12.5 Å². The van der Waals surface area contributed by atoms with Gasteiger partial charge >= 0.3 is 0 Å². The lowest BCUT2D eigenvalue weighted by atomic mass is 9.57. The van der Waals surface area contributed by atoms with Crippen molar-refractivity contribution in [3.63, 3.8) is 0 Å². The third kappa shape index (κ3) is 2.07. The maximum absolute atomic E-state index is 12.0. The average molecular weight is 262 g/mol. The van der Waals surface area contributed by atoms with Crippen LogP contribution < -0.4 is 4.74 Å². The molecule has 1 aromatic rings. The largest absolute Gasteiger partial charge is 0.486 e. The minimum atomic E-state index is -0.168. The number of carbonyl (C=O) groups is 1. The first kappa shape index (κ1) is 12.7. The van der Waals surface area contributed by atoms with E-state index in [9.17, 15) is 4.79 Å².